The fourth-order valence-electron chi connectivity index (χ4n) is 2.52. The quantitative estimate of drug-likeness (QED) is 0.827. The van der Waals surface area contributed by atoms with Crippen LogP contribution in [0, 0.1) is 5.92 Å². The maximum absolute atomic E-state index is 5.41. The van der Waals surface area contributed by atoms with Crippen molar-refractivity contribution in [1.82, 2.24) is 10.1 Å². The summed E-state index contributed by atoms with van der Waals surface area (Å²) >= 11 is 0. The SMILES string of the molecule is CC1CCN(Cc2cc(-c3ccccc3)on2)C1. The Morgan fingerprint density at radius 3 is 2.89 bits per heavy atom. The summed E-state index contributed by atoms with van der Waals surface area (Å²) in [6, 6.07) is 12.2. The van der Waals surface area contributed by atoms with Crippen LogP contribution in [0.25, 0.3) is 11.3 Å². The summed E-state index contributed by atoms with van der Waals surface area (Å²) in [5.74, 6) is 1.67. The first-order valence-corrected chi connectivity index (χ1v) is 6.54. The number of benzene rings is 1. The molecule has 0 radical (unpaired) electrons. The van der Waals surface area contributed by atoms with Gasteiger partial charge in [0.05, 0.1) is 5.69 Å². The summed E-state index contributed by atoms with van der Waals surface area (Å²) in [4.78, 5) is 2.44. The molecule has 18 heavy (non-hydrogen) atoms. The summed E-state index contributed by atoms with van der Waals surface area (Å²) in [6.45, 7) is 5.56. The van der Waals surface area contributed by atoms with E-state index >= 15 is 0 Å². The second kappa shape index (κ2) is 4.94. The first-order valence-electron chi connectivity index (χ1n) is 6.54. The van der Waals surface area contributed by atoms with Gasteiger partial charge in [0.2, 0.25) is 0 Å². The molecule has 1 aliphatic heterocycles. The van der Waals surface area contributed by atoms with Gasteiger partial charge in [0.1, 0.15) is 0 Å². The molecular weight excluding hydrogens is 224 g/mol. The highest BCUT2D eigenvalue weighted by molar-refractivity contribution is 5.56. The Morgan fingerprint density at radius 2 is 2.17 bits per heavy atom. The highest BCUT2D eigenvalue weighted by Gasteiger charge is 2.19. The van der Waals surface area contributed by atoms with E-state index in [1.807, 2.05) is 30.3 Å². The summed E-state index contributed by atoms with van der Waals surface area (Å²) < 4.78 is 5.41. The summed E-state index contributed by atoms with van der Waals surface area (Å²) in [5, 5.41) is 4.16. The normalized spacial score (nSPS) is 20.4. The van der Waals surface area contributed by atoms with Crippen molar-refractivity contribution in [1.29, 1.82) is 0 Å². The minimum atomic E-state index is 0.811. The Kier molecular flexibility index (Phi) is 3.15. The molecule has 1 saturated heterocycles. The van der Waals surface area contributed by atoms with Gasteiger partial charge in [0.15, 0.2) is 5.76 Å². The second-order valence-corrected chi connectivity index (χ2v) is 5.18. The minimum Gasteiger partial charge on any atom is -0.356 e. The fourth-order valence-corrected chi connectivity index (χ4v) is 2.52. The molecule has 0 amide bonds. The van der Waals surface area contributed by atoms with Gasteiger partial charge in [-0.05, 0) is 18.9 Å². The Balaban J connectivity index is 1.70. The van der Waals surface area contributed by atoms with E-state index in [0.29, 0.717) is 0 Å². The molecule has 94 valence electrons. The number of aromatic nitrogens is 1. The van der Waals surface area contributed by atoms with E-state index in [-0.39, 0.29) is 0 Å². The summed E-state index contributed by atoms with van der Waals surface area (Å²) in [7, 11) is 0. The van der Waals surface area contributed by atoms with Crippen LogP contribution in [-0.4, -0.2) is 23.1 Å². The topological polar surface area (TPSA) is 29.3 Å². The molecule has 1 unspecified atom stereocenters. The molecule has 3 nitrogen and oxygen atoms in total. The lowest BCUT2D eigenvalue weighted by molar-refractivity contribution is 0.306. The summed E-state index contributed by atoms with van der Waals surface area (Å²) in [6.07, 6.45) is 1.30. The van der Waals surface area contributed by atoms with Gasteiger partial charge in [-0.3, -0.25) is 4.90 Å². The predicted octanol–water partition coefficient (Wildman–Crippen LogP) is 3.18. The van der Waals surface area contributed by atoms with Crippen LogP contribution in [-0.2, 0) is 6.54 Å². The van der Waals surface area contributed by atoms with E-state index in [4.69, 9.17) is 4.52 Å². The van der Waals surface area contributed by atoms with Crippen molar-refractivity contribution in [2.45, 2.75) is 19.9 Å². The lowest BCUT2D eigenvalue weighted by atomic mass is 10.1. The number of hydrogen-bond donors (Lipinski definition) is 0. The molecule has 2 aromatic rings. The average Bonchev–Trinajstić information content (AvgIpc) is 3.01. The second-order valence-electron chi connectivity index (χ2n) is 5.18. The van der Waals surface area contributed by atoms with Crippen LogP contribution in [0.2, 0.25) is 0 Å². The molecule has 0 spiro atoms. The first kappa shape index (κ1) is 11.5. The molecule has 1 aromatic carbocycles. The number of rotatable bonds is 3. The third kappa shape index (κ3) is 2.46. The molecule has 1 atom stereocenters. The number of nitrogens with zero attached hydrogens (tertiary/aromatic N) is 2. The lowest BCUT2D eigenvalue weighted by Gasteiger charge is -2.12. The van der Waals surface area contributed by atoms with E-state index in [1.54, 1.807) is 0 Å². The standard InChI is InChI=1S/C15H18N2O/c1-12-7-8-17(10-12)11-14-9-15(18-16-14)13-5-3-2-4-6-13/h2-6,9,12H,7-8,10-11H2,1H3. The molecule has 0 aliphatic carbocycles. The number of likely N-dealkylation sites (tertiary alicyclic amines) is 1. The zero-order chi connectivity index (χ0) is 12.4. The molecule has 0 N–H and O–H groups in total. The van der Waals surface area contributed by atoms with Crippen LogP contribution in [0.5, 0.6) is 0 Å². The molecular formula is C15H18N2O. The van der Waals surface area contributed by atoms with Crippen molar-refractivity contribution in [2.24, 2.45) is 5.92 Å². The van der Waals surface area contributed by atoms with E-state index in [0.717, 1.165) is 29.5 Å². The summed E-state index contributed by atoms with van der Waals surface area (Å²) in [5.41, 5.74) is 2.12. The zero-order valence-electron chi connectivity index (χ0n) is 10.7. The maximum atomic E-state index is 5.41. The van der Waals surface area contributed by atoms with E-state index < -0.39 is 0 Å². The van der Waals surface area contributed by atoms with E-state index in [1.165, 1.54) is 19.5 Å². The van der Waals surface area contributed by atoms with Gasteiger partial charge in [0.25, 0.3) is 0 Å². The molecule has 0 bridgehead atoms. The van der Waals surface area contributed by atoms with Crippen LogP contribution >= 0.6 is 0 Å². The van der Waals surface area contributed by atoms with Gasteiger partial charge in [-0.15, -0.1) is 0 Å². The van der Waals surface area contributed by atoms with Crippen LogP contribution in [0.1, 0.15) is 19.0 Å². The first-order chi connectivity index (χ1) is 8.81. The Bertz CT molecular complexity index is 506. The Hall–Kier alpha value is -1.61. The van der Waals surface area contributed by atoms with Gasteiger partial charge >= 0.3 is 0 Å². The number of hydrogen-bond acceptors (Lipinski definition) is 3. The molecule has 1 aliphatic rings. The van der Waals surface area contributed by atoms with Crippen LogP contribution in [0.4, 0.5) is 0 Å². The van der Waals surface area contributed by atoms with Crippen LogP contribution < -0.4 is 0 Å². The van der Waals surface area contributed by atoms with Crippen LogP contribution in [0.3, 0.4) is 0 Å². The van der Waals surface area contributed by atoms with Gasteiger partial charge in [-0.2, -0.15) is 0 Å². The highest BCUT2D eigenvalue weighted by Crippen LogP contribution is 2.22. The smallest absolute Gasteiger partial charge is 0.167 e. The zero-order valence-corrected chi connectivity index (χ0v) is 10.7. The van der Waals surface area contributed by atoms with E-state index in [2.05, 4.69) is 23.0 Å². The van der Waals surface area contributed by atoms with Crippen molar-refractivity contribution < 1.29 is 4.52 Å². The molecule has 3 rings (SSSR count). The maximum Gasteiger partial charge on any atom is 0.167 e. The van der Waals surface area contributed by atoms with Gasteiger partial charge < -0.3 is 4.52 Å². The lowest BCUT2D eigenvalue weighted by Crippen LogP contribution is -2.19. The third-order valence-electron chi connectivity index (χ3n) is 3.51. The van der Waals surface area contributed by atoms with Crippen molar-refractivity contribution in [3.63, 3.8) is 0 Å². The molecule has 1 fully saturated rings. The minimum absolute atomic E-state index is 0.811. The average molecular weight is 242 g/mol. The highest BCUT2D eigenvalue weighted by atomic mass is 16.5. The van der Waals surface area contributed by atoms with Crippen molar-refractivity contribution >= 4 is 0 Å². The fraction of sp³-hybridized carbons (Fsp3) is 0.400. The predicted molar refractivity (Wildman–Crippen MR) is 71.0 cm³/mol. The molecule has 0 saturated carbocycles. The Morgan fingerprint density at radius 1 is 1.33 bits per heavy atom. The van der Waals surface area contributed by atoms with Gasteiger partial charge in [-0.1, -0.05) is 42.4 Å². The van der Waals surface area contributed by atoms with Gasteiger partial charge in [-0.25, -0.2) is 0 Å². The van der Waals surface area contributed by atoms with Crippen LogP contribution in [0.15, 0.2) is 40.9 Å². The van der Waals surface area contributed by atoms with E-state index in [9.17, 15) is 0 Å². The third-order valence-corrected chi connectivity index (χ3v) is 3.51. The van der Waals surface area contributed by atoms with Crippen molar-refractivity contribution in [2.75, 3.05) is 13.1 Å². The van der Waals surface area contributed by atoms with Gasteiger partial charge in [0, 0.05) is 24.7 Å². The molecule has 2 heterocycles. The Labute approximate surface area is 107 Å². The molecule has 1 aromatic heterocycles. The van der Waals surface area contributed by atoms with Crippen molar-refractivity contribution in [3.05, 3.63) is 42.1 Å². The molecule has 3 heteroatoms. The van der Waals surface area contributed by atoms with Crippen molar-refractivity contribution in [3.8, 4) is 11.3 Å². The monoisotopic (exact) mass is 242 g/mol. The largest absolute Gasteiger partial charge is 0.356 e.